The molecule has 2 aromatic rings. The molecule has 0 radical (unpaired) electrons. The lowest BCUT2D eigenvalue weighted by Crippen LogP contribution is -2.17. The molecule has 0 aliphatic carbocycles. The number of thiazole rings is 1. The van der Waals surface area contributed by atoms with E-state index in [1.807, 2.05) is 12.3 Å². The van der Waals surface area contributed by atoms with Crippen LogP contribution >= 0.6 is 11.3 Å². The first kappa shape index (κ1) is 15.3. The van der Waals surface area contributed by atoms with Gasteiger partial charge in [0.25, 0.3) is 5.91 Å². The number of carbonyl (C=O) groups is 1. The van der Waals surface area contributed by atoms with E-state index in [9.17, 15) is 9.90 Å². The van der Waals surface area contributed by atoms with Gasteiger partial charge in [0.1, 0.15) is 17.6 Å². The molecule has 0 saturated heterocycles. The summed E-state index contributed by atoms with van der Waals surface area (Å²) in [7, 11) is 0. The van der Waals surface area contributed by atoms with Crippen LogP contribution in [0.1, 0.15) is 23.0 Å². The van der Waals surface area contributed by atoms with Crippen LogP contribution in [-0.2, 0) is 0 Å². The molecule has 1 aromatic carbocycles. The van der Waals surface area contributed by atoms with E-state index in [-0.39, 0.29) is 23.8 Å². The number of aromatic hydroxyl groups is 1. The highest BCUT2D eigenvalue weighted by Gasteiger charge is 2.12. The fourth-order valence-corrected chi connectivity index (χ4v) is 2.32. The molecule has 0 saturated carbocycles. The smallest absolute Gasteiger partial charge is 0.257 e. The first-order chi connectivity index (χ1) is 9.97. The maximum Gasteiger partial charge on any atom is 0.257 e. The van der Waals surface area contributed by atoms with E-state index in [1.165, 1.54) is 29.5 Å². The van der Waals surface area contributed by atoms with E-state index >= 15 is 0 Å². The number of carbonyl (C=O) groups excluding carboxylic acids is 1. The Hall–Kier alpha value is -2.12. The molecule has 0 unspecified atom stereocenters. The maximum atomic E-state index is 12.1. The third kappa shape index (κ3) is 4.17. The molecule has 0 fully saturated rings. The van der Waals surface area contributed by atoms with Gasteiger partial charge in [-0.2, -0.15) is 0 Å². The van der Waals surface area contributed by atoms with Crippen molar-refractivity contribution >= 4 is 22.4 Å². The largest absolute Gasteiger partial charge is 0.508 e. The van der Waals surface area contributed by atoms with E-state index in [2.05, 4.69) is 10.3 Å². The number of benzene rings is 1. The molecule has 112 valence electrons. The number of rotatable bonds is 5. The van der Waals surface area contributed by atoms with Crippen molar-refractivity contribution in [2.75, 3.05) is 11.9 Å². The number of aryl methyl sites for hydroxylation is 1. The first-order valence-electron chi connectivity index (χ1n) is 6.33. The predicted molar refractivity (Wildman–Crippen MR) is 80.1 cm³/mol. The zero-order valence-corrected chi connectivity index (χ0v) is 12.5. The van der Waals surface area contributed by atoms with Gasteiger partial charge < -0.3 is 14.9 Å². The summed E-state index contributed by atoms with van der Waals surface area (Å²) in [6.07, 6.45) is -0.427. The van der Waals surface area contributed by atoms with E-state index in [0.29, 0.717) is 10.9 Å². The molecule has 2 rings (SSSR count). The molecule has 1 amide bonds. The number of hydrogen-bond acceptors (Lipinski definition) is 6. The highest BCUT2D eigenvalue weighted by molar-refractivity contribution is 7.13. The summed E-state index contributed by atoms with van der Waals surface area (Å²) in [4.78, 5) is 16.3. The highest BCUT2D eigenvalue weighted by Crippen LogP contribution is 2.24. The molecule has 0 bridgehead atoms. The number of aromatic nitrogens is 1. The number of nitrogens with one attached hydrogen (secondary N) is 1. The Bertz CT molecular complexity index is 642. The second kappa shape index (κ2) is 6.55. The van der Waals surface area contributed by atoms with Crippen LogP contribution in [-0.4, -0.2) is 33.8 Å². The second-order valence-corrected chi connectivity index (χ2v) is 5.43. The zero-order valence-electron chi connectivity index (χ0n) is 11.7. The van der Waals surface area contributed by atoms with Gasteiger partial charge in [0.15, 0.2) is 5.13 Å². The molecule has 6 nitrogen and oxygen atoms in total. The van der Waals surface area contributed by atoms with Gasteiger partial charge in [0, 0.05) is 17.0 Å². The standard InChI is InChI=1S/C14H16N2O4S/c1-8-7-21-14(15-8)16-13(19)10-3-11(18)5-12(4-10)20-9(2)6-17/h3-5,7,9,17-18H,6H2,1-2H3,(H,15,16,19)/t9-/m0/s1. The average molecular weight is 308 g/mol. The Morgan fingerprint density at radius 2 is 2.24 bits per heavy atom. The summed E-state index contributed by atoms with van der Waals surface area (Å²) in [5.74, 6) is -0.156. The topological polar surface area (TPSA) is 91.7 Å². The zero-order chi connectivity index (χ0) is 15.4. The Balaban J connectivity index is 2.16. The van der Waals surface area contributed by atoms with Crippen LogP contribution in [0.2, 0.25) is 0 Å². The Labute approximate surface area is 126 Å². The van der Waals surface area contributed by atoms with E-state index in [1.54, 1.807) is 6.92 Å². The molecular formula is C14H16N2O4S. The van der Waals surface area contributed by atoms with Gasteiger partial charge >= 0.3 is 0 Å². The Morgan fingerprint density at radius 1 is 1.48 bits per heavy atom. The minimum absolute atomic E-state index is 0.0851. The highest BCUT2D eigenvalue weighted by atomic mass is 32.1. The minimum Gasteiger partial charge on any atom is -0.508 e. The number of aliphatic hydroxyl groups is 1. The summed E-state index contributed by atoms with van der Waals surface area (Å²) in [6.45, 7) is 3.36. The third-order valence-corrected chi connectivity index (χ3v) is 3.46. The molecule has 1 aromatic heterocycles. The fraction of sp³-hybridized carbons (Fsp3) is 0.286. The molecule has 1 atom stereocenters. The molecule has 0 spiro atoms. The summed E-state index contributed by atoms with van der Waals surface area (Å²) in [5, 5.41) is 23.6. The number of anilines is 1. The van der Waals surface area contributed by atoms with Gasteiger partial charge in [0.05, 0.1) is 12.3 Å². The van der Waals surface area contributed by atoms with Crippen LogP contribution in [0.15, 0.2) is 23.6 Å². The quantitative estimate of drug-likeness (QED) is 0.787. The molecule has 0 aliphatic rings. The van der Waals surface area contributed by atoms with Crippen LogP contribution in [0.4, 0.5) is 5.13 Å². The van der Waals surface area contributed by atoms with Gasteiger partial charge in [0.2, 0.25) is 0 Å². The maximum absolute atomic E-state index is 12.1. The van der Waals surface area contributed by atoms with Crippen molar-refractivity contribution in [3.63, 3.8) is 0 Å². The molecule has 1 heterocycles. The number of nitrogens with zero attached hydrogens (tertiary/aromatic N) is 1. The van der Waals surface area contributed by atoms with E-state index in [4.69, 9.17) is 9.84 Å². The van der Waals surface area contributed by atoms with Crippen LogP contribution in [0.5, 0.6) is 11.5 Å². The van der Waals surface area contributed by atoms with E-state index < -0.39 is 6.10 Å². The summed E-state index contributed by atoms with van der Waals surface area (Å²) < 4.78 is 5.39. The van der Waals surface area contributed by atoms with Crippen molar-refractivity contribution in [1.82, 2.24) is 4.98 Å². The first-order valence-corrected chi connectivity index (χ1v) is 7.21. The Morgan fingerprint density at radius 3 is 2.86 bits per heavy atom. The van der Waals surface area contributed by atoms with Crippen molar-refractivity contribution in [2.24, 2.45) is 0 Å². The summed E-state index contributed by atoms with van der Waals surface area (Å²) in [6, 6.07) is 4.23. The number of hydrogen-bond donors (Lipinski definition) is 3. The second-order valence-electron chi connectivity index (χ2n) is 4.57. The number of amides is 1. The third-order valence-electron chi connectivity index (χ3n) is 2.59. The van der Waals surface area contributed by atoms with Crippen molar-refractivity contribution in [2.45, 2.75) is 20.0 Å². The minimum atomic E-state index is -0.427. The van der Waals surface area contributed by atoms with Crippen LogP contribution in [0.3, 0.4) is 0 Å². The lowest BCUT2D eigenvalue weighted by molar-refractivity contribution is 0.102. The van der Waals surface area contributed by atoms with E-state index in [0.717, 1.165) is 5.69 Å². The predicted octanol–water partition coefficient (Wildman–Crippen LogP) is 2.17. The van der Waals surface area contributed by atoms with Crippen molar-refractivity contribution in [3.8, 4) is 11.5 Å². The molecule has 3 N–H and O–H groups in total. The van der Waals surface area contributed by atoms with Crippen LogP contribution in [0.25, 0.3) is 0 Å². The van der Waals surface area contributed by atoms with Crippen molar-refractivity contribution < 1.29 is 19.7 Å². The van der Waals surface area contributed by atoms with Gasteiger partial charge in [-0.25, -0.2) is 4.98 Å². The van der Waals surface area contributed by atoms with Crippen molar-refractivity contribution in [1.29, 1.82) is 0 Å². The van der Waals surface area contributed by atoms with Crippen LogP contribution in [0, 0.1) is 6.92 Å². The lowest BCUT2D eigenvalue weighted by atomic mass is 10.2. The van der Waals surface area contributed by atoms with Gasteiger partial charge in [-0.3, -0.25) is 10.1 Å². The summed E-state index contributed by atoms with van der Waals surface area (Å²) in [5.41, 5.74) is 1.08. The van der Waals surface area contributed by atoms with Gasteiger partial charge in [-0.05, 0) is 26.0 Å². The average Bonchev–Trinajstić information content (AvgIpc) is 2.83. The molecule has 7 heteroatoms. The van der Waals surface area contributed by atoms with Gasteiger partial charge in [-0.15, -0.1) is 11.3 Å². The molecule has 21 heavy (non-hydrogen) atoms. The van der Waals surface area contributed by atoms with Crippen molar-refractivity contribution in [3.05, 3.63) is 34.8 Å². The van der Waals surface area contributed by atoms with Crippen LogP contribution < -0.4 is 10.1 Å². The van der Waals surface area contributed by atoms with Gasteiger partial charge in [-0.1, -0.05) is 0 Å². The molecular weight excluding hydrogens is 292 g/mol. The lowest BCUT2D eigenvalue weighted by Gasteiger charge is -2.13. The number of ether oxygens (including phenoxy) is 1. The Kier molecular flexibility index (Phi) is 4.77. The number of aliphatic hydroxyl groups excluding tert-OH is 1. The SMILES string of the molecule is Cc1csc(NC(=O)c2cc(O)cc(O[C@@H](C)CO)c2)n1. The summed E-state index contributed by atoms with van der Waals surface area (Å²) >= 11 is 1.33. The fourth-order valence-electron chi connectivity index (χ4n) is 1.63. The molecule has 0 aliphatic heterocycles. The normalized spacial score (nSPS) is 12.0. The monoisotopic (exact) mass is 308 g/mol. The number of phenols is 1. The number of phenolic OH excluding ortho intramolecular Hbond substituents is 1.